The van der Waals surface area contributed by atoms with Crippen LogP contribution in [0.1, 0.15) is 12.6 Å². The van der Waals surface area contributed by atoms with Gasteiger partial charge in [0, 0.05) is 28.6 Å². The molecule has 2 aromatic rings. The number of benzene rings is 1. The van der Waals surface area contributed by atoms with E-state index in [9.17, 15) is 8.42 Å². The van der Waals surface area contributed by atoms with E-state index in [1.165, 1.54) is 6.20 Å². The third-order valence-electron chi connectivity index (χ3n) is 2.67. The standard InChI is InChI=1S/C13H16BrN3O2S/c1-2-15-8-12-7-13(9-16-12)20(18,19)17-11-5-3-4-10(14)6-11/h3-7,9,15-17H,2,8H2,1H3. The van der Waals surface area contributed by atoms with Crippen LogP contribution in [0.4, 0.5) is 5.69 Å². The summed E-state index contributed by atoms with van der Waals surface area (Å²) in [5.74, 6) is 0. The smallest absolute Gasteiger partial charge is 0.263 e. The van der Waals surface area contributed by atoms with E-state index >= 15 is 0 Å². The summed E-state index contributed by atoms with van der Waals surface area (Å²) in [6, 6.07) is 8.65. The summed E-state index contributed by atoms with van der Waals surface area (Å²) >= 11 is 3.31. The summed E-state index contributed by atoms with van der Waals surface area (Å²) < 4.78 is 27.8. The summed E-state index contributed by atoms with van der Waals surface area (Å²) in [7, 11) is -3.56. The van der Waals surface area contributed by atoms with Gasteiger partial charge in [0.25, 0.3) is 10.0 Å². The molecule has 0 saturated carbocycles. The molecule has 0 aliphatic carbocycles. The van der Waals surface area contributed by atoms with E-state index in [-0.39, 0.29) is 4.90 Å². The van der Waals surface area contributed by atoms with E-state index in [2.05, 4.69) is 31.0 Å². The minimum atomic E-state index is -3.56. The highest BCUT2D eigenvalue weighted by Crippen LogP contribution is 2.20. The average Bonchev–Trinajstić information content (AvgIpc) is 2.85. The molecule has 1 heterocycles. The molecule has 2 rings (SSSR count). The Morgan fingerprint density at radius 3 is 2.80 bits per heavy atom. The third-order valence-corrected chi connectivity index (χ3v) is 4.52. The van der Waals surface area contributed by atoms with Gasteiger partial charge >= 0.3 is 0 Å². The van der Waals surface area contributed by atoms with Gasteiger partial charge in [-0.1, -0.05) is 28.9 Å². The Morgan fingerprint density at radius 2 is 2.10 bits per heavy atom. The van der Waals surface area contributed by atoms with Gasteiger partial charge in [-0.05, 0) is 30.8 Å². The van der Waals surface area contributed by atoms with Crippen LogP contribution in [0.2, 0.25) is 0 Å². The molecule has 0 atom stereocenters. The number of sulfonamides is 1. The van der Waals surface area contributed by atoms with Gasteiger partial charge in [-0.3, -0.25) is 4.72 Å². The molecule has 0 aliphatic heterocycles. The Bertz CT molecular complexity index is 682. The number of aromatic amines is 1. The maximum atomic E-state index is 12.2. The van der Waals surface area contributed by atoms with Gasteiger partial charge < -0.3 is 10.3 Å². The maximum Gasteiger partial charge on any atom is 0.263 e. The van der Waals surface area contributed by atoms with Gasteiger partial charge in [-0.15, -0.1) is 0 Å². The van der Waals surface area contributed by atoms with Crippen LogP contribution >= 0.6 is 15.9 Å². The van der Waals surface area contributed by atoms with Crippen molar-refractivity contribution < 1.29 is 8.42 Å². The van der Waals surface area contributed by atoms with Gasteiger partial charge in [0.1, 0.15) is 4.90 Å². The van der Waals surface area contributed by atoms with E-state index in [1.54, 1.807) is 24.3 Å². The molecule has 0 bridgehead atoms. The average molecular weight is 358 g/mol. The lowest BCUT2D eigenvalue weighted by molar-refractivity contribution is 0.601. The van der Waals surface area contributed by atoms with Gasteiger partial charge in [0.05, 0.1) is 0 Å². The van der Waals surface area contributed by atoms with E-state index in [0.717, 1.165) is 16.7 Å². The van der Waals surface area contributed by atoms with Gasteiger partial charge in [-0.25, -0.2) is 8.42 Å². The van der Waals surface area contributed by atoms with Crippen LogP contribution in [-0.4, -0.2) is 19.9 Å². The van der Waals surface area contributed by atoms with Crippen LogP contribution in [-0.2, 0) is 16.6 Å². The van der Waals surface area contributed by atoms with Crippen molar-refractivity contribution in [2.45, 2.75) is 18.4 Å². The first-order valence-corrected chi connectivity index (χ1v) is 8.45. The van der Waals surface area contributed by atoms with Crippen molar-refractivity contribution in [3.8, 4) is 0 Å². The van der Waals surface area contributed by atoms with Crippen molar-refractivity contribution in [2.75, 3.05) is 11.3 Å². The van der Waals surface area contributed by atoms with Crippen LogP contribution in [0, 0.1) is 0 Å². The van der Waals surface area contributed by atoms with Gasteiger partial charge in [0.15, 0.2) is 0 Å². The highest BCUT2D eigenvalue weighted by molar-refractivity contribution is 9.10. The Kier molecular flexibility index (Phi) is 4.85. The summed E-state index contributed by atoms with van der Waals surface area (Å²) in [4.78, 5) is 3.18. The molecule has 0 fully saturated rings. The molecular weight excluding hydrogens is 342 g/mol. The van der Waals surface area contributed by atoms with Crippen molar-refractivity contribution in [3.63, 3.8) is 0 Å². The highest BCUT2D eigenvalue weighted by atomic mass is 79.9. The minimum Gasteiger partial charge on any atom is -0.363 e. The zero-order valence-electron chi connectivity index (χ0n) is 11.0. The van der Waals surface area contributed by atoms with Crippen LogP contribution in [0.25, 0.3) is 0 Å². The largest absolute Gasteiger partial charge is 0.363 e. The van der Waals surface area contributed by atoms with Crippen LogP contribution in [0.3, 0.4) is 0 Å². The molecule has 0 aliphatic rings. The van der Waals surface area contributed by atoms with Crippen molar-refractivity contribution in [1.29, 1.82) is 0 Å². The molecule has 1 aromatic carbocycles. The molecule has 3 N–H and O–H groups in total. The molecule has 0 saturated heterocycles. The number of nitrogens with one attached hydrogen (secondary N) is 3. The molecule has 0 unspecified atom stereocenters. The highest BCUT2D eigenvalue weighted by Gasteiger charge is 2.16. The lowest BCUT2D eigenvalue weighted by Crippen LogP contribution is -2.13. The third kappa shape index (κ3) is 3.84. The number of anilines is 1. The molecule has 0 spiro atoms. The fourth-order valence-electron chi connectivity index (χ4n) is 1.70. The quantitative estimate of drug-likeness (QED) is 0.743. The van der Waals surface area contributed by atoms with E-state index in [4.69, 9.17) is 0 Å². The lowest BCUT2D eigenvalue weighted by atomic mass is 10.3. The first-order valence-electron chi connectivity index (χ1n) is 6.17. The van der Waals surface area contributed by atoms with Crippen LogP contribution < -0.4 is 10.0 Å². The number of hydrogen-bond donors (Lipinski definition) is 3. The number of halogens is 1. The number of H-pyrrole nitrogens is 1. The van der Waals surface area contributed by atoms with Crippen LogP contribution in [0.15, 0.2) is 45.9 Å². The zero-order valence-corrected chi connectivity index (χ0v) is 13.4. The lowest BCUT2D eigenvalue weighted by Gasteiger charge is -2.06. The fraction of sp³-hybridized carbons (Fsp3) is 0.231. The Balaban J connectivity index is 2.16. The first kappa shape index (κ1) is 15.1. The second kappa shape index (κ2) is 6.43. The van der Waals surface area contributed by atoms with Crippen LogP contribution in [0.5, 0.6) is 0 Å². The first-order chi connectivity index (χ1) is 9.51. The van der Waals surface area contributed by atoms with Crippen molar-refractivity contribution in [1.82, 2.24) is 10.3 Å². The molecule has 7 heteroatoms. The Morgan fingerprint density at radius 1 is 1.30 bits per heavy atom. The monoisotopic (exact) mass is 357 g/mol. The predicted molar refractivity (Wildman–Crippen MR) is 83.1 cm³/mol. The van der Waals surface area contributed by atoms with Crippen molar-refractivity contribution >= 4 is 31.6 Å². The Hall–Kier alpha value is -1.31. The van der Waals surface area contributed by atoms with Crippen molar-refractivity contribution in [2.24, 2.45) is 0 Å². The Labute approximate surface area is 127 Å². The fourth-order valence-corrected chi connectivity index (χ4v) is 3.17. The molecular formula is C13H16BrN3O2S. The SMILES string of the molecule is CCNCc1cc(S(=O)(=O)Nc2cccc(Br)c2)c[nH]1. The predicted octanol–water partition coefficient (Wildman–Crippen LogP) is 2.69. The minimum absolute atomic E-state index is 0.227. The molecule has 20 heavy (non-hydrogen) atoms. The normalized spacial score (nSPS) is 11.5. The summed E-state index contributed by atoms with van der Waals surface area (Å²) in [5.41, 5.74) is 1.36. The van der Waals surface area contributed by atoms with E-state index < -0.39 is 10.0 Å². The molecule has 0 amide bonds. The summed E-state index contributed by atoms with van der Waals surface area (Å²) in [6.07, 6.45) is 1.49. The molecule has 5 nitrogen and oxygen atoms in total. The van der Waals surface area contributed by atoms with Gasteiger partial charge in [-0.2, -0.15) is 0 Å². The molecule has 108 valence electrons. The summed E-state index contributed by atoms with van der Waals surface area (Å²) in [6.45, 7) is 3.44. The topological polar surface area (TPSA) is 74.0 Å². The summed E-state index contributed by atoms with van der Waals surface area (Å²) in [5, 5.41) is 3.13. The number of rotatable bonds is 6. The number of hydrogen-bond acceptors (Lipinski definition) is 3. The zero-order chi connectivity index (χ0) is 14.6. The molecule has 1 aromatic heterocycles. The van der Waals surface area contributed by atoms with E-state index in [0.29, 0.717) is 12.2 Å². The number of aromatic nitrogens is 1. The van der Waals surface area contributed by atoms with Gasteiger partial charge in [0.2, 0.25) is 0 Å². The molecule has 0 radical (unpaired) electrons. The maximum absolute atomic E-state index is 12.2. The second-order valence-electron chi connectivity index (χ2n) is 4.26. The van der Waals surface area contributed by atoms with Crippen molar-refractivity contribution in [3.05, 3.63) is 46.7 Å². The second-order valence-corrected chi connectivity index (χ2v) is 6.85. The van der Waals surface area contributed by atoms with E-state index in [1.807, 2.05) is 13.0 Å².